The van der Waals surface area contributed by atoms with Crippen LogP contribution < -0.4 is 20.9 Å². The van der Waals surface area contributed by atoms with Crippen molar-refractivity contribution >= 4 is 28.4 Å². The largest absolute Gasteiger partial charge is 0.437 e. The van der Waals surface area contributed by atoms with Gasteiger partial charge in [0.15, 0.2) is 0 Å². The Hall–Kier alpha value is -6.25. The number of nitriles is 2. The Balaban J connectivity index is 0.000000194. The topological polar surface area (TPSA) is 185 Å². The van der Waals surface area contributed by atoms with E-state index in [1.165, 1.54) is 65.2 Å². The molecule has 0 radical (unpaired) electrons. The molecule has 286 valence electrons. The highest BCUT2D eigenvalue weighted by atomic mass is 32.2. The predicted octanol–water partition coefficient (Wildman–Crippen LogP) is 2.23. The number of anilines is 2. The third-order valence-electron chi connectivity index (χ3n) is 9.43. The highest BCUT2D eigenvalue weighted by Gasteiger charge is 2.30. The lowest BCUT2D eigenvalue weighted by Gasteiger charge is -2.36. The first kappa shape index (κ1) is 39.4. The van der Waals surface area contributed by atoms with Crippen LogP contribution in [0.25, 0.3) is 11.4 Å². The van der Waals surface area contributed by atoms with Gasteiger partial charge < -0.3 is 19.6 Å². The van der Waals surface area contributed by atoms with E-state index in [1.807, 2.05) is 21.8 Å². The lowest BCUT2D eigenvalue weighted by Crippen LogP contribution is -2.52. The number of benzene rings is 3. The molecule has 0 amide bonds. The van der Waals surface area contributed by atoms with Crippen LogP contribution in [-0.2, 0) is 10.0 Å². The summed E-state index contributed by atoms with van der Waals surface area (Å²) in [6.45, 7) is 5.18. The Bertz CT molecular complexity index is 2490. The lowest BCUT2D eigenvalue weighted by atomic mass is 9.84. The highest BCUT2D eigenvalue weighted by Crippen LogP contribution is 2.23. The number of piperazine rings is 2. The summed E-state index contributed by atoms with van der Waals surface area (Å²) in [7, 11) is -4.13. The van der Waals surface area contributed by atoms with Crippen LogP contribution in [0.4, 0.5) is 20.2 Å². The summed E-state index contributed by atoms with van der Waals surface area (Å²) in [5.74, 6) is -0.859. The fraction of sp³-hybridized carbons (Fsp3) is 0.243. The molecule has 19 heteroatoms. The first-order valence-corrected chi connectivity index (χ1v) is 18.9. The van der Waals surface area contributed by atoms with Gasteiger partial charge >= 0.3 is 7.05 Å². The molecule has 2 aromatic heterocycles. The third kappa shape index (κ3) is 8.36. The smallest absolute Gasteiger partial charge is 0.376 e. The number of rotatable bonds is 7. The lowest BCUT2D eigenvalue weighted by molar-refractivity contribution is 0.344. The molecule has 2 fully saturated rings. The van der Waals surface area contributed by atoms with E-state index in [1.54, 1.807) is 42.1 Å². The van der Waals surface area contributed by atoms with Crippen LogP contribution in [0.1, 0.15) is 11.1 Å². The molecule has 0 aliphatic carbocycles. The number of aromatic nitrogens is 4. The molecule has 3 aromatic carbocycles. The zero-order valence-corrected chi connectivity index (χ0v) is 30.9. The standard InChI is InChI=1S/C21H18FN5O3S.C16H17BFN5O2/c22-16-6-8-17(9-7-16)27-21(28)19(14-23)20(15-24-27)25-10-12-26(13-11-25)31(29,30)18-4-2-1-3-5-18;1-17(25)22-8-6-21(7-9-22)15-11-20-23(16(24)14(15)10-19)13-4-2-12(18)3-5-13/h1-9,15H,10-13H2;2-5,11,25H,6-9H2,1H3. The fourth-order valence-corrected chi connectivity index (χ4v) is 7.80. The quantitative estimate of drug-likeness (QED) is 0.238. The second-order valence-electron chi connectivity index (χ2n) is 12.8. The normalized spacial score (nSPS) is 15.0. The van der Waals surface area contributed by atoms with Crippen molar-refractivity contribution in [1.82, 2.24) is 28.7 Å². The van der Waals surface area contributed by atoms with Gasteiger partial charge in [0.25, 0.3) is 11.1 Å². The van der Waals surface area contributed by atoms with E-state index >= 15 is 0 Å². The summed E-state index contributed by atoms with van der Waals surface area (Å²) in [6, 6.07) is 22.6. The number of hydrogen-bond donors (Lipinski definition) is 1. The van der Waals surface area contributed by atoms with E-state index < -0.39 is 39.8 Å². The van der Waals surface area contributed by atoms with Crippen LogP contribution in [-0.4, -0.2) is 102 Å². The molecular formula is C37H35BF2N10O5S. The Kier molecular flexibility index (Phi) is 12.0. The second-order valence-corrected chi connectivity index (χ2v) is 14.7. The van der Waals surface area contributed by atoms with Gasteiger partial charge in [0.1, 0.15) is 34.9 Å². The van der Waals surface area contributed by atoms with Gasteiger partial charge in [0.2, 0.25) is 10.0 Å². The minimum absolute atomic E-state index is 0.00446. The van der Waals surface area contributed by atoms with Gasteiger partial charge in [-0.1, -0.05) is 18.2 Å². The van der Waals surface area contributed by atoms with E-state index in [9.17, 15) is 42.3 Å². The SMILES string of the molecule is CB(O)N1CCN(c2cnn(-c3ccc(F)cc3)c(=O)c2C#N)CC1.N#Cc1c(N2CCN(S(=O)(=O)c3ccccc3)CC2)cnn(-c2ccc(F)cc2)c1=O. The van der Waals surface area contributed by atoms with Crippen LogP contribution in [0, 0.1) is 34.3 Å². The molecule has 5 aromatic rings. The number of halogens is 2. The van der Waals surface area contributed by atoms with Gasteiger partial charge in [-0.05, 0) is 67.5 Å². The Morgan fingerprint density at radius 3 is 1.46 bits per heavy atom. The molecule has 0 unspecified atom stereocenters. The first-order valence-electron chi connectivity index (χ1n) is 17.5. The van der Waals surface area contributed by atoms with Crippen molar-refractivity contribution in [2.45, 2.75) is 11.7 Å². The van der Waals surface area contributed by atoms with Crippen molar-refractivity contribution in [1.29, 1.82) is 10.5 Å². The van der Waals surface area contributed by atoms with E-state index in [2.05, 4.69) is 10.2 Å². The monoisotopic (exact) mass is 780 g/mol. The van der Waals surface area contributed by atoms with Crippen LogP contribution in [0.3, 0.4) is 0 Å². The molecule has 0 spiro atoms. The summed E-state index contributed by atoms with van der Waals surface area (Å²) in [4.78, 5) is 31.3. The predicted molar refractivity (Wildman–Crippen MR) is 204 cm³/mol. The van der Waals surface area contributed by atoms with Gasteiger partial charge in [-0.15, -0.1) is 0 Å². The Morgan fingerprint density at radius 2 is 1.07 bits per heavy atom. The van der Waals surface area contributed by atoms with Crippen molar-refractivity contribution in [2.24, 2.45) is 0 Å². The zero-order chi connectivity index (χ0) is 40.0. The average Bonchev–Trinajstić information content (AvgIpc) is 3.22. The Labute approximate surface area is 321 Å². The van der Waals surface area contributed by atoms with Gasteiger partial charge in [-0.25, -0.2) is 17.2 Å². The van der Waals surface area contributed by atoms with Crippen molar-refractivity contribution in [3.05, 3.63) is 135 Å². The van der Waals surface area contributed by atoms with Crippen LogP contribution in [0.15, 0.2) is 106 Å². The van der Waals surface area contributed by atoms with Crippen molar-refractivity contribution in [3.8, 4) is 23.5 Å². The molecule has 0 saturated carbocycles. The molecule has 2 saturated heterocycles. The van der Waals surface area contributed by atoms with Crippen molar-refractivity contribution in [2.75, 3.05) is 62.2 Å². The van der Waals surface area contributed by atoms with Gasteiger partial charge in [-0.3, -0.25) is 9.59 Å². The van der Waals surface area contributed by atoms with Gasteiger partial charge in [0, 0.05) is 52.4 Å². The third-order valence-corrected chi connectivity index (χ3v) is 11.3. The van der Waals surface area contributed by atoms with Gasteiger partial charge in [0.05, 0.1) is 40.0 Å². The maximum absolute atomic E-state index is 13.2. The molecule has 1 N–H and O–H groups in total. The maximum Gasteiger partial charge on any atom is 0.376 e. The minimum Gasteiger partial charge on any atom is -0.437 e. The van der Waals surface area contributed by atoms with Crippen molar-refractivity contribution in [3.63, 3.8) is 0 Å². The van der Waals surface area contributed by atoms with Crippen molar-refractivity contribution < 1.29 is 22.2 Å². The molecule has 4 heterocycles. The molecule has 56 heavy (non-hydrogen) atoms. The molecule has 0 bridgehead atoms. The number of hydrogen-bond acceptors (Lipinski definition) is 12. The summed E-state index contributed by atoms with van der Waals surface area (Å²) in [5, 5.41) is 36.9. The summed E-state index contributed by atoms with van der Waals surface area (Å²) >= 11 is 0. The average molecular weight is 781 g/mol. The first-order chi connectivity index (χ1) is 26.9. The number of nitrogens with zero attached hydrogens (tertiary/aromatic N) is 10. The second kappa shape index (κ2) is 17.0. The fourth-order valence-electron chi connectivity index (χ4n) is 6.36. The Morgan fingerprint density at radius 1 is 0.661 bits per heavy atom. The zero-order valence-electron chi connectivity index (χ0n) is 30.1. The summed E-state index contributed by atoms with van der Waals surface area (Å²) in [6.07, 6.45) is 2.89. The minimum atomic E-state index is -3.61. The van der Waals surface area contributed by atoms with E-state index in [4.69, 9.17) is 0 Å². The van der Waals surface area contributed by atoms with E-state index in [0.29, 0.717) is 62.0 Å². The highest BCUT2D eigenvalue weighted by molar-refractivity contribution is 7.89. The van der Waals surface area contributed by atoms with E-state index in [0.717, 1.165) is 9.36 Å². The maximum atomic E-state index is 13.2. The van der Waals surface area contributed by atoms with Gasteiger partial charge in [-0.2, -0.15) is 34.4 Å². The van der Waals surface area contributed by atoms with E-state index in [-0.39, 0.29) is 29.1 Å². The van der Waals surface area contributed by atoms with Crippen LogP contribution in [0.2, 0.25) is 6.82 Å². The molecule has 2 aliphatic heterocycles. The summed E-state index contributed by atoms with van der Waals surface area (Å²) in [5.41, 5.74) is 0.319. The van der Waals surface area contributed by atoms with Crippen LogP contribution in [0.5, 0.6) is 0 Å². The molecule has 2 aliphatic rings. The molecule has 0 atom stereocenters. The molecular weight excluding hydrogens is 745 g/mol. The summed E-state index contributed by atoms with van der Waals surface area (Å²) < 4.78 is 55.3. The van der Waals surface area contributed by atoms with Crippen LogP contribution >= 0.6 is 0 Å². The molecule has 7 rings (SSSR count). The molecule has 15 nitrogen and oxygen atoms in total. The number of sulfonamides is 1.